The molecule has 0 atom stereocenters. The number of rotatable bonds is 5. The lowest BCUT2D eigenvalue weighted by atomic mass is 10.1. The summed E-state index contributed by atoms with van der Waals surface area (Å²) < 4.78 is 0. The van der Waals surface area contributed by atoms with E-state index in [1.54, 1.807) is 24.3 Å². The van der Waals surface area contributed by atoms with Gasteiger partial charge in [-0.2, -0.15) is 0 Å². The second-order valence-corrected chi connectivity index (χ2v) is 8.13. The molecular formula is C20H22N4O3S. The van der Waals surface area contributed by atoms with E-state index in [1.165, 1.54) is 16.2 Å². The van der Waals surface area contributed by atoms with Crippen LogP contribution in [0.25, 0.3) is 0 Å². The fourth-order valence-corrected chi connectivity index (χ4v) is 4.67. The first-order valence-corrected chi connectivity index (χ1v) is 10.3. The summed E-state index contributed by atoms with van der Waals surface area (Å²) in [5.74, 6) is -0.754. The number of benzene rings is 1. The number of imide groups is 1. The number of amides is 3. The molecule has 0 unspecified atom stereocenters. The van der Waals surface area contributed by atoms with Crippen LogP contribution in [0.5, 0.6) is 0 Å². The predicted molar refractivity (Wildman–Crippen MR) is 108 cm³/mol. The van der Waals surface area contributed by atoms with Crippen molar-refractivity contribution < 1.29 is 14.4 Å². The molecule has 1 fully saturated rings. The molecule has 1 N–H and O–H groups in total. The summed E-state index contributed by atoms with van der Waals surface area (Å²) in [7, 11) is 0. The third-order valence-electron chi connectivity index (χ3n) is 4.99. The highest BCUT2D eigenvalue weighted by molar-refractivity contribution is 7.15. The number of anilines is 2. The summed E-state index contributed by atoms with van der Waals surface area (Å²) in [5.41, 5.74) is 1.90. The lowest BCUT2D eigenvalue weighted by Crippen LogP contribution is -2.30. The van der Waals surface area contributed by atoms with E-state index in [4.69, 9.17) is 0 Å². The van der Waals surface area contributed by atoms with Crippen molar-refractivity contribution in [3.05, 3.63) is 40.4 Å². The zero-order chi connectivity index (χ0) is 19.7. The molecule has 2 aromatic rings. The Kier molecular flexibility index (Phi) is 5.23. The van der Waals surface area contributed by atoms with E-state index < -0.39 is 0 Å². The van der Waals surface area contributed by atoms with E-state index in [2.05, 4.69) is 22.1 Å². The first-order chi connectivity index (χ1) is 13.5. The highest BCUT2D eigenvalue weighted by Crippen LogP contribution is 2.29. The van der Waals surface area contributed by atoms with Gasteiger partial charge in [0.2, 0.25) is 11.8 Å². The van der Waals surface area contributed by atoms with Crippen molar-refractivity contribution in [3.63, 3.8) is 0 Å². The SMILES string of the molecule is CCCN1CCc2nc(NC(=O)c3cccc(N4C(=O)CCC4=O)c3)sc2C1. The van der Waals surface area contributed by atoms with E-state index in [9.17, 15) is 14.4 Å². The van der Waals surface area contributed by atoms with E-state index >= 15 is 0 Å². The quantitative estimate of drug-likeness (QED) is 0.783. The van der Waals surface area contributed by atoms with Crippen molar-refractivity contribution >= 4 is 39.9 Å². The number of carbonyl (C=O) groups is 3. The molecule has 2 aliphatic heterocycles. The fraction of sp³-hybridized carbons (Fsp3) is 0.400. The van der Waals surface area contributed by atoms with Crippen LogP contribution in [0.2, 0.25) is 0 Å². The number of nitrogens with zero attached hydrogens (tertiary/aromatic N) is 3. The number of hydrogen-bond acceptors (Lipinski definition) is 6. The van der Waals surface area contributed by atoms with Gasteiger partial charge in [0.05, 0.1) is 11.4 Å². The maximum absolute atomic E-state index is 12.7. The molecule has 1 aromatic heterocycles. The van der Waals surface area contributed by atoms with Crippen molar-refractivity contribution in [1.29, 1.82) is 0 Å². The third-order valence-corrected chi connectivity index (χ3v) is 5.99. The molecule has 0 spiro atoms. The van der Waals surface area contributed by atoms with Crippen molar-refractivity contribution in [2.45, 2.75) is 39.2 Å². The van der Waals surface area contributed by atoms with Crippen LogP contribution in [-0.2, 0) is 22.6 Å². The van der Waals surface area contributed by atoms with Crippen LogP contribution in [0.1, 0.15) is 47.1 Å². The minimum atomic E-state index is -0.294. The van der Waals surface area contributed by atoms with Crippen LogP contribution >= 0.6 is 11.3 Å². The number of hydrogen-bond donors (Lipinski definition) is 1. The summed E-state index contributed by atoms with van der Waals surface area (Å²) in [4.78, 5) is 45.9. The summed E-state index contributed by atoms with van der Waals surface area (Å²) in [6.07, 6.45) is 2.45. The summed E-state index contributed by atoms with van der Waals surface area (Å²) in [6.45, 7) is 5.12. The van der Waals surface area contributed by atoms with Crippen LogP contribution in [-0.4, -0.2) is 40.7 Å². The fourth-order valence-electron chi connectivity index (χ4n) is 3.63. The molecule has 7 nitrogen and oxygen atoms in total. The van der Waals surface area contributed by atoms with Crippen LogP contribution in [0, 0.1) is 0 Å². The second kappa shape index (κ2) is 7.81. The number of nitrogens with one attached hydrogen (secondary N) is 1. The molecule has 3 amide bonds. The van der Waals surface area contributed by atoms with Crippen molar-refractivity contribution in [3.8, 4) is 0 Å². The zero-order valence-corrected chi connectivity index (χ0v) is 16.6. The van der Waals surface area contributed by atoms with Crippen LogP contribution in [0.3, 0.4) is 0 Å². The Morgan fingerprint density at radius 3 is 2.75 bits per heavy atom. The Labute approximate surface area is 167 Å². The molecule has 1 saturated heterocycles. The second-order valence-electron chi connectivity index (χ2n) is 7.04. The maximum Gasteiger partial charge on any atom is 0.257 e. The maximum atomic E-state index is 12.7. The number of thiazole rings is 1. The minimum Gasteiger partial charge on any atom is -0.298 e. The van der Waals surface area contributed by atoms with Gasteiger partial charge >= 0.3 is 0 Å². The van der Waals surface area contributed by atoms with E-state index in [-0.39, 0.29) is 30.6 Å². The Morgan fingerprint density at radius 1 is 1.21 bits per heavy atom. The Hall–Kier alpha value is -2.58. The lowest BCUT2D eigenvalue weighted by molar-refractivity contribution is -0.121. The van der Waals surface area contributed by atoms with Gasteiger partial charge in [-0.15, -0.1) is 11.3 Å². The average Bonchev–Trinajstić information content (AvgIpc) is 3.23. The molecule has 8 heteroatoms. The van der Waals surface area contributed by atoms with Gasteiger partial charge in [-0.05, 0) is 31.2 Å². The molecule has 2 aliphatic rings. The van der Waals surface area contributed by atoms with E-state index in [0.29, 0.717) is 16.4 Å². The molecule has 146 valence electrons. The van der Waals surface area contributed by atoms with Gasteiger partial charge in [-0.25, -0.2) is 4.98 Å². The van der Waals surface area contributed by atoms with Gasteiger partial charge in [-0.1, -0.05) is 13.0 Å². The molecule has 0 bridgehead atoms. The monoisotopic (exact) mass is 398 g/mol. The molecule has 28 heavy (non-hydrogen) atoms. The van der Waals surface area contributed by atoms with Gasteiger partial charge in [-0.3, -0.25) is 29.5 Å². The lowest BCUT2D eigenvalue weighted by Gasteiger charge is -2.24. The molecule has 1 aromatic carbocycles. The average molecular weight is 398 g/mol. The summed E-state index contributed by atoms with van der Waals surface area (Å²) in [6, 6.07) is 6.59. The molecule has 0 aliphatic carbocycles. The number of aromatic nitrogens is 1. The number of carbonyl (C=O) groups excluding carboxylic acids is 3. The summed E-state index contributed by atoms with van der Waals surface area (Å²) in [5, 5.41) is 3.45. The van der Waals surface area contributed by atoms with Crippen molar-refractivity contribution in [2.24, 2.45) is 0 Å². The van der Waals surface area contributed by atoms with Gasteiger partial charge in [0.15, 0.2) is 5.13 Å². The van der Waals surface area contributed by atoms with Gasteiger partial charge in [0.1, 0.15) is 0 Å². The molecule has 3 heterocycles. The third kappa shape index (κ3) is 3.70. The summed E-state index contributed by atoms with van der Waals surface area (Å²) >= 11 is 1.51. The van der Waals surface area contributed by atoms with E-state index in [1.807, 2.05) is 0 Å². The van der Waals surface area contributed by atoms with Crippen LogP contribution in [0.4, 0.5) is 10.8 Å². The normalized spacial score (nSPS) is 17.1. The first kappa shape index (κ1) is 18.8. The first-order valence-electron chi connectivity index (χ1n) is 9.53. The van der Waals surface area contributed by atoms with Crippen molar-refractivity contribution in [1.82, 2.24) is 9.88 Å². The standard InChI is InChI=1S/C20H22N4O3S/c1-2-9-23-10-8-15-16(12-23)28-20(21-15)22-19(27)13-4-3-5-14(11-13)24-17(25)6-7-18(24)26/h3-5,11H,2,6-10,12H2,1H3,(H,21,22,27). The Balaban J connectivity index is 1.48. The Morgan fingerprint density at radius 2 is 2.00 bits per heavy atom. The Bertz CT molecular complexity index is 923. The largest absolute Gasteiger partial charge is 0.298 e. The molecule has 0 saturated carbocycles. The predicted octanol–water partition coefficient (Wildman–Crippen LogP) is 2.82. The smallest absolute Gasteiger partial charge is 0.257 e. The highest BCUT2D eigenvalue weighted by atomic mass is 32.1. The van der Waals surface area contributed by atoms with Crippen molar-refractivity contribution in [2.75, 3.05) is 23.3 Å². The highest BCUT2D eigenvalue weighted by Gasteiger charge is 2.30. The zero-order valence-electron chi connectivity index (χ0n) is 15.7. The van der Waals surface area contributed by atoms with Crippen LogP contribution in [0.15, 0.2) is 24.3 Å². The van der Waals surface area contributed by atoms with Gasteiger partial charge in [0.25, 0.3) is 5.91 Å². The number of fused-ring (bicyclic) bond motifs is 1. The van der Waals surface area contributed by atoms with Crippen LogP contribution < -0.4 is 10.2 Å². The minimum absolute atomic E-state index is 0.217. The molecule has 4 rings (SSSR count). The molecule has 0 radical (unpaired) electrons. The topological polar surface area (TPSA) is 82.6 Å². The van der Waals surface area contributed by atoms with Gasteiger partial charge < -0.3 is 0 Å². The van der Waals surface area contributed by atoms with Gasteiger partial charge in [0, 0.05) is 42.8 Å². The van der Waals surface area contributed by atoms with E-state index in [0.717, 1.165) is 43.1 Å². The molecular weight excluding hydrogens is 376 g/mol.